The van der Waals surface area contributed by atoms with E-state index in [2.05, 4.69) is 12.6 Å². The van der Waals surface area contributed by atoms with Crippen molar-refractivity contribution in [1.29, 1.82) is 0 Å². The first kappa shape index (κ1) is 11.3. The summed E-state index contributed by atoms with van der Waals surface area (Å²) in [6.45, 7) is 0.506. The average molecular weight is 218 g/mol. The Morgan fingerprint density at radius 2 is 1.93 bits per heavy atom. The highest BCUT2D eigenvalue weighted by molar-refractivity contribution is 7.80. The van der Waals surface area contributed by atoms with Gasteiger partial charge >= 0.3 is 0 Å². The van der Waals surface area contributed by atoms with Crippen molar-refractivity contribution in [3.63, 3.8) is 0 Å². The van der Waals surface area contributed by atoms with Crippen LogP contribution in [0.3, 0.4) is 0 Å². The second-order valence-corrected chi connectivity index (χ2v) is 3.30. The molecule has 0 fully saturated rings. The van der Waals surface area contributed by atoms with Crippen molar-refractivity contribution >= 4 is 12.6 Å². The van der Waals surface area contributed by atoms with Gasteiger partial charge in [-0.3, -0.25) is 0 Å². The Morgan fingerprint density at radius 1 is 1.14 bits per heavy atom. The van der Waals surface area contributed by atoms with Gasteiger partial charge in [0.1, 0.15) is 5.75 Å². The van der Waals surface area contributed by atoms with Crippen LogP contribution >= 0.6 is 12.6 Å². The van der Waals surface area contributed by atoms with Gasteiger partial charge < -0.3 is 4.74 Å². The molecule has 0 spiro atoms. The van der Waals surface area contributed by atoms with Crippen molar-refractivity contribution in [2.24, 2.45) is 0 Å². The van der Waals surface area contributed by atoms with Gasteiger partial charge in [0.05, 0.1) is 6.61 Å². The Bertz CT molecular complexity index is 291. The SMILES string of the molecule is Fc1ccc(OCCCCS)cc1F. The van der Waals surface area contributed by atoms with Crippen LogP contribution < -0.4 is 4.74 Å². The first-order valence-corrected chi connectivity index (χ1v) is 5.06. The lowest BCUT2D eigenvalue weighted by Crippen LogP contribution is -1.98. The van der Waals surface area contributed by atoms with Crippen molar-refractivity contribution in [2.45, 2.75) is 12.8 Å². The van der Waals surface area contributed by atoms with Gasteiger partial charge in [-0.05, 0) is 30.7 Å². The minimum Gasteiger partial charge on any atom is -0.493 e. The number of thiol groups is 1. The van der Waals surface area contributed by atoms with Gasteiger partial charge in [0, 0.05) is 6.07 Å². The molecule has 0 amide bonds. The third-order valence-electron chi connectivity index (χ3n) is 1.71. The first-order chi connectivity index (χ1) is 6.74. The molecule has 1 rings (SSSR count). The lowest BCUT2D eigenvalue weighted by molar-refractivity contribution is 0.307. The Kier molecular flexibility index (Phi) is 4.73. The first-order valence-electron chi connectivity index (χ1n) is 4.43. The Balaban J connectivity index is 2.39. The quantitative estimate of drug-likeness (QED) is 0.590. The molecule has 4 heteroatoms. The smallest absolute Gasteiger partial charge is 0.162 e. The van der Waals surface area contributed by atoms with E-state index in [1.54, 1.807) is 0 Å². The van der Waals surface area contributed by atoms with Gasteiger partial charge in [-0.1, -0.05) is 0 Å². The van der Waals surface area contributed by atoms with E-state index in [0.717, 1.165) is 30.7 Å². The predicted molar refractivity (Wildman–Crippen MR) is 54.9 cm³/mol. The molecule has 0 atom stereocenters. The maximum Gasteiger partial charge on any atom is 0.162 e. The van der Waals surface area contributed by atoms with Gasteiger partial charge in [0.25, 0.3) is 0 Å². The molecule has 0 unspecified atom stereocenters. The summed E-state index contributed by atoms with van der Waals surface area (Å²) in [6, 6.07) is 3.53. The molecule has 0 bridgehead atoms. The van der Waals surface area contributed by atoms with Crippen LogP contribution in [0.25, 0.3) is 0 Å². The maximum absolute atomic E-state index is 12.7. The van der Waals surface area contributed by atoms with Gasteiger partial charge in [0.2, 0.25) is 0 Å². The fraction of sp³-hybridized carbons (Fsp3) is 0.400. The number of rotatable bonds is 5. The summed E-state index contributed by atoms with van der Waals surface area (Å²) in [7, 11) is 0. The van der Waals surface area contributed by atoms with Crippen LogP contribution in [-0.4, -0.2) is 12.4 Å². The molecule has 0 aliphatic rings. The summed E-state index contributed by atoms with van der Waals surface area (Å²) in [5.74, 6) is -0.561. The molecule has 1 nitrogen and oxygen atoms in total. The van der Waals surface area contributed by atoms with Gasteiger partial charge in [0.15, 0.2) is 11.6 Å². The zero-order valence-electron chi connectivity index (χ0n) is 7.67. The standard InChI is InChI=1S/C10H12F2OS/c11-9-4-3-8(7-10(9)12)13-5-1-2-6-14/h3-4,7,14H,1-2,5-6H2. The monoisotopic (exact) mass is 218 g/mol. The van der Waals surface area contributed by atoms with Crippen LogP contribution in [0.2, 0.25) is 0 Å². The summed E-state index contributed by atoms with van der Waals surface area (Å²) in [5.41, 5.74) is 0. The van der Waals surface area contributed by atoms with Gasteiger partial charge in [-0.2, -0.15) is 12.6 Å². The summed E-state index contributed by atoms with van der Waals surface area (Å²) < 4.78 is 30.4. The molecule has 0 N–H and O–H groups in total. The summed E-state index contributed by atoms with van der Waals surface area (Å²) in [6.07, 6.45) is 1.81. The predicted octanol–water partition coefficient (Wildman–Crippen LogP) is 3.05. The fourth-order valence-electron chi connectivity index (χ4n) is 0.971. The number of hydrogen-bond donors (Lipinski definition) is 1. The maximum atomic E-state index is 12.7. The van der Waals surface area contributed by atoms with E-state index in [-0.39, 0.29) is 0 Å². The summed E-state index contributed by atoms with van der Waals surface area (Å²) in [4.78, 5) is 0. The molecule has 0 radical (unpaired) electrons. The van der Waals surface area contributed by atoms with Crippen molar-refractivity contribution in [3.8, 4) is 5.75 Å². The van der Waals surface area contributed by atoms with Crippen molar-refractivity contribution < 1.29 is 13.5 Å². The van der Waals surface area contributed by atoms with Crippen molar-refractivity contribution in [3.05, 3.63) is 29.8 Å². The molecule has 0 aromatic heterocycles. The van der Waals surface area contributed by atoms with Crippen LogP contribution in [0.15, 0.2) is 18.2 Å². The Morgan fingerprint density at radius 3 is 2.57 bits per heavy atom. The van der Waals surface area contributed by atoms with Crippen molar-refractivity contribution in [2.75, 3.05) is 12.4 Å². The van der Waals surface area contributed by atoms with Crippen molar-refractivity contribution in [1.82, 2.24) is 0 Å². The molecule has 0 saturated carbocycles. The Labute approximate surface area is 87.5 Å². The number of halogens is 2. The minimum absolute atomic E-state index is 0.364. The van der Waals surface area contributed by atoms with Gasteiger partial charge in [-0.15, -0.1) is 0 Å². The summed E-state index contributed by atoms with van der Waals surface area (Å²) in [5, 5.41) is 0. The largest absolute Gasteiger partial charge is 0.493 e. The highest BCUT2D eigenvalue weighted by Crippen LogP contribution is 2.15. The second-order valence-electron chi connectivity index (χ2n) is 2.86. The topological polar surface area (TPSA) is 9.23 Å². The normalized spacial score (nSPS) is 10.2. The molecule has 0 aliphatic heterocycles. The van der Waals surface area contributed by atoms with E-state index in [9.17, 15) is 8.78 Å². The van der Waals surface area contributed by atoms with E-state index in [4.69, 9.17) is 4.74 Å². The number of benzene rings is 1. The van der Waals surface area contributed by atoms with Crippen LogP contribution in [0.1, 0.15) is 12.8 Å². The lowest BCUT2D eigenvalue weighted by atomic mass is 10.3. The van der Waals surface area contributed by atoms with Crippen LogP contribution in [0, 0.1) is 11.6 Å². The molecule has 1 aromatic carbocycles. The summed E-state index contributed by atoms with van der Waals surface area (Å²) >= 11 is 4.05. The Hall–Kier alpha value is -0.770. The zero-order valence-corrected chi connectivity index (χ0v) is 8.57. The van der Waals surface area contributed by atoms with E-state index in [1.165, 1.54) is 6.07 Å². The fourth-order valence-corrected chi connectivity index (χ4v) is 1.19. The molecule has 0 heterocycles. The third-order valence-corrected chi connectivity index (χ3v) is 2.03. The van der Waals surface area contributed by atoms with E-state index in [1.807, 2.05) is 0 Å². The number of unbranched alkanes of at least 4 members (excludes halogenated alkanes) is 1. The molecule has 1 aromatic rings. The molecule has 0 aliphatic carbocycles. The van der Waals surface area contributed by atoms with Crippen LogP contribution in [0.5, 0.6) is 5.75 Å². The zero-order chi connectivity index (χ0) is 10.4. The van der Waals surface area contributed by atoms with Crippen LogP contribution in [-0.2, 0) is 0 Å². The number of hydrogen-bond acceptors (Lipinski definition) is 2. The third kappa shape index (κ3) is 3.54. The molecule has 14 heavy (non-hydrogen) atoms. The average Bonchev–Trinajstić information content (AvgIpc) is 2.18. The second kappa shape index (κ2) is 5.86. The van der Waals surface area contributed by atoms with Crippen LogP contribution in [0.4, 0.5) is 8.78 Å². The highest BCUT2D eigenvalue weighted by Gasteiger charge is 2.02. The molecule has 78 valence electrons. The van der Waals surface area contributed by atoms with E-state index in [0.29, 0.717) is 12.4 Å². The van der Waals surface area contributed by atoms with E-state index >= 15 is 0 Å². The van der Waals surface area contributed by atoms with E-state index < -0.39 is 11.6 Å². The lowest BCUT2D eigenvalue weighted by Gasteiger charge is -2.05. The minimum atomic E-state index is -0.878. The molecular weight excluding hydrogens is 206 g/mol. The highest BCUT2D eigenvalue weighted by atomic mass is 32.1. The van der Waals surface area contributed by atoms with Gasteiger partial charge in [-0.25, -0.2) is 8.78 Å². The number of ether oxygens (including phenoxy) is 1. The molecular formula is C10H12F2OS. The molecule has 0 saturated heterocycles.